The standard InChI is InChI=1S/C28H25F13INO2S/c1-16-8-10-18(11-9-16)46(44,45)43-15-22(3,20(12-13-42)17(2)19-6-4-5-7-21(19)43)14-23(29,30)24(31,32)25(33,34)26(35,36)27(37,38)28(39,40)41/h4-11H,12-15H2,1-3H3. The quantitative estimate of drug-likeness (QED) is 0.136. The van der Waals surface area contributed by atoms with E-state index in [9.17, 15) is 56.7 Å². The number of aryl methyl sites for hydroxylation is 1. The first kappa shape index (κ1) is 38.2. The van der Waals surface area contributed by atoms with Crippen molar-refractivity contribution in [3.63, 3.8) is 0 Å². The zero-order valence-electron chi connectivity index (χ0n) is 23.9. The molecule has 1 heterocycles. The third-order valence-corrected chi connectivity index (χ3v) is 10.1. The van der Waals surface area contributed by atoms with Crippen LogP contribution in [-0.2, 0) is 10.0 Å². The lowest BCUT2D eigenvalue weighted by atomic mass is 9.72. The molecule has 0 saturated carbocycles. The molecule has 2 aromatic rings. The van der Waals surface area contributed by atoms with E-state index in [1.165, 1.54) is 43.3 Å². The highest BCUT2D eigenvalue weighted by molar-refractivity contribution is 14.1. The molecule has 3 rings (SSSR count). The molecule has 2 aromatic carbocycles. The van der Waals surface area contributed by atoms with Gasteiger partial charge >= 0.3 is 35.8 Å². The Hall–Kier alpha value is -2.25. The van der Waals surface area contributed by atoms with Crippen LogP contribution in [0.2, 0.25) is 0 Å². The minimum atomic E-state index is -8.04. The smallest absolute Gasteiger partial charge is 0.265 e. The Kier molecular flexibility index (Phi) is 9.98. The van der Waals surface area contributed by atoms with Gasteiger partial charge in [-0.25, -0.2) is 8.42 Å². The summed E-state index contributed by atoms with van der Waals surface area (Å²) in [5.74, 6) is -37.8. The highest BCUT2D eigenvalue weighted by atomic mass is 127. The van der Waals surface area contributed by atoms with Crippen molar-refractivity contribution in [3.05, 3.63) is 65.2 Å². The zero-order chi connectivity index (χ0) is 35.5. The summed E-state index contributed by atoms with van der Waals surface area (Å²) in [5.41, 5.74) is -2.21. The number of allylic oxidation sites excluding steroid dienone is 1. The summed E-state index contributed by atoms with van der Waals surface area (Å²) in [7, 11) is -4.75. The van der Waals surface area contributed by atoms with E-state index < -0.39 is 69.1 Å². The number of rotatable bonds is 10. The average Bonchev–Trinajstić information content (AvgIpc) is 3.01. The lowest BCUT2D eigenvalue weighted by Crippen LogP contribution is -2.70. The van der Waals surface area contributed by atoms with Crippen LogP contribution in [0.5, 0.6) is 0 Å². The maximum Gasteiger partial charge on any atom is 0.460 e. The second-order valence-corrected chi connectivity index (χ2v) is 14.1. The molecule has 0 aliphatic carbocycles. The fourth-order valence-corrected chi connectivity index (χ4v) is 7.47. The number of sulfonamides is 1. The van der Waals surface area contributed by atoms with Crippen LogP contribution in [0.15, 0.2) is 59.0 Å². The summed E-state index contributed by atoms with van der Waals surface area (Å²) in [5, 5.41) is 0. The van der Waals surface area contributed by atoms with Crippen molar-refractivity contribution in [2.24, 2.45) is 5.41 Å². The van der Waals surface area contributed by atoms with Crippen LogP contribution in [-0.4, -0.2) is 55.2 Å². The Balaban J connectivity index is 2.27. The molecular formula is C28H25F13INO2S. The molecule has 0 spiro atoms. The minimum absolute atomic E-state index is 0.0381. The lowest BCUT2D eigenvalue weighted by molar-refractivity contribution is -0.441. The Labute approximate surface area is 269 Å². The molecule has 0 bridgehead atoms. The third-order valence-electron chi connectivity index (χ3n) is 7.81. The van der Waals surface area contributed by atoms with Crippen molar-refractivity contribution in [1.82, 2.24) is 0 Å². The highest BCUT2D eigenvalue weighted by Gasteiger charge is 2.90. The Bertz CT molecular complexity index is 1590. The zero-order valence-corrected chi connectivity index (χ0v) is 26.9. The molecular weight excluding hydrogens is 788 g/mol. The van der Waals surface area contributed by atoms with Gasteiger partial charge in [-0.2, -0.15) is 57.1 Å². The first-order chi connectivity index (χ1) is 20.6. The Morgan fingerprint density at radius 1 is 0.761 bits per heavy atom. The van der Waals surface area contributed by atoms with Gasteiger partial charge in [0.2, 0.25) is 0 Å². The molecule has 18 heteroatoms. The van der Waals surface area contributed by atoms with Crippen LogP contribution in [0.4, 0.5) is 62.8 Å². The van der Waals surface area contributed by atoms with Gasteiger partial charge in [-0.15, -0.1) is 0 Å². The van der Waals surface area contributed by atoms with Gasteiger partial charge in [-0.1, -0.05) is 71.0 Å². The van der Waals surface area contributed by atoms with Gasteiger partial charge in [-0.05, 0) is 44.0 Å². The summed E-state index contributed by atoms with van der Waals surface area (Å²) in [6.07, 6.45) is -10.3. The van der Waals surface area contributed by atoms with Crippen LogP contribution in [0.25, 0.3) is 5.57 Å². The number of hydrogen-bond donors (Lipinski definition) is 0. The summed E-state index contributed by atoms with van der Waals surface area (Å²) < 4.78 is 211. The number of hydrogen-bond acceptors (Lipinski definition) is 2. The van der Waals surface area contributed by atoms with Crippen LogP contribution >= 0.6 is 22.6 Å². The van der Waals surface area contributed by atoms with Crippen molar-refractivity contribution in [1.29, 1.82) is 0 Å². The number of para-hydroxylation sites is 1. The molecule has 258 valence electrons. The number of alkyl halides is 14. The maximum atomic E-state index is 15.5. The van der Waals surface area contributed by atoms with Crippen molar-refractivity contribution in [2.45, 2.75) is 74.3 Å². The summed E-state index contributed by atoms with van der Waals surface area (Å²) in [6, 6.07) is 10.5. The summed E-state index contributed by atoms with van der Waals surface area (Å²) in [4.78, 5) is -0.400. The number of fused-ring (bicyclic) bond motifs is 1. The number of benzene rings is 2. The largest absolute Gasteiger partial charge is 0.460 e. The van der Waals surface area contributed by atoms with Gasteiger partial charge in [0.15, 0.2) is 0 Å². The fraction of sp³-hybridized carbons (Fsp3) is 0.500. The van der Waals surface area contributed by atoms with Crippen LogP contribution in [0.1, 0.15) is 37.8 Å². The van der Waals surface area contributed by atoms with Crippen molar-refractivity contribution in [3.8, 4) is 0 Å². The van der Waals surface area contributed by atoms with Gasteiger partial charge < -0.3 is 0 Å². The highest BCUT2D eigenvalue weighted by Crippen LogP contribution is 2.62. The molecule has 0 N–H and O–H groups in total. The van der Waals surface area contributed by atoms with E-state index in [1.54, 1.807) is 29.5 Å². The summed E-state index contributed by atoms with van der Waals surface area (Å²) in [6.45, 7) is 2.51. The van der Waals surface area contributed by atoms with Crippen molar-refractivity contribution >= 4 is 43.9 Å². The van der Waals surface area contributed by atoms with E-state index in [0.717, 1.165) is 19.1 Å². The molecule has 0 aromatic heterocycles. The van der Waals surface area contributed by atoms with E-state index in [2.05, 4.69) is 0 Å². The average molecular weight is 813 g/mol. The normalized spacial score (nSPS) is 19.3. The van der Waals surface area contributed by atoms with E-state index in [0.29, 0.717) is 9.87 Å². The molecule has 0 amide bonds. The molecule has 46 heavy (non-hydrogen) atoms. The predicted octanol–water partition coefficient (Wildman–Crippen LogP) is 9.94. The van der Waals surface area contributed by atoms with Gasteiger partial charge in [0, 0.05) is 28.4 Å². The van der Waals surface area contributed by atoms with Gasteiger partial charge in [-0.3, -0.25) is 4.31 Å². The summed E-state index contributed by atoms with van der Waals surface area (Å²) >= 11 is 1.74. The predicted molar refractivity (Wildman–Crippen MR) is 152 cm³/mol. The third kappa shape index (κ3) is 5.97. The van der Waals surface area contributed by atoms with E-state index in [1.807, 2.05) is 0 Å². The SMILES string of the molecule is CC1=C(CCI)C(C)(CC(F)(F)C(F)(F)C(F)(F)C(F)(F)C(F)(F)C(F)(F)F)CN(S(=O)(=O)c2ccc(C)cc2)c2ccccc21. The topological polar surface area (TPSA) is 37.4 Å². The molecule has 0 saturated heterocycles. The number of anilines is 1. The molecule has 1 unspecified atom stereocenters. The second-order valence-electron chi connectivity index (χ2n) is 11.1. The number of nitrogens with zero attached hydrogens (tertiary/aromatic N) is 1. The van der Waals surface area contributed by atoms with Crippen molar-refractivity contribution < 1.29 is 65.5 Å². The number of halogens is 14. The molecule has 1 aliphatic rings. The van der Waals surface area contributed by atoms with Crippen LogP contribution in [0.3, 0.4) is 0 Å². The van der Waals surface area contributed by atoms with Gasteiger partial charge in [0.1, 0.15) is 0 Å². The second kappa shape index (κ2) is 12.0. The van der Waals surface area contributed by atoms with Gasteiger partial charge in [0.25, 0.3) is 10.0 Å². The van der Waals surface area contributed by atoms with Crippen LogP contribution in [0, 0.1) is 12.3 Å². The first-order valence-corrected chi connectivity index (χ1v) is 16.0. The fourth-order valence-electron chi connectivity index (χ4n) is 5.32. The van der Waals surface area contributed by atoms with Gasteiger partial charge in [0.05, 0.1) is 10.6 Å². The molecule has 0 fully saturated rings. The van der Waals surface area contributed by atoms with Crippen LogP contribution < -0.4 is 4.31 Å². The molecule has 3 nitrogen and oxygen atoms in total. The lowest BCUT2D eigenvalue weighted by Gasteiger charge is -2.43. The van der Waals surface area contributed by atoms with E-state index in [4.69, 9.17) is 0 Å². The van der Waals surface area contributed by atoms with Crippen molar-refractivity contribution in [2.75, 3.05) is 15.3 Å². The molecule has 1 atom stereocenters. The first-order valence-electron chi connectivity index (χ1n) is 13.0. The monoisotopic (exact) mass is 813 g/mol. The molecule has 1 aliphatic heterocycles. The van der Waals surface area contributed by atoms with E-state index in [-0.39, 0.29) is 33.2 Å². The maximum absolute atomic E-state index is 15.5. The Morgan fingerprint density at radius 2 is 1.26 bits per heavy atom. The minimum Gasteiger partial charge on any atom is -0.265 e. The van der Waals surface area contributed by atoms with E-state index >= 15 is 8.78 Å². The Morgan fingerprint density at radius 3 is 1.76 bits per heavy atom. The molecule has 0 radical (unpaired) electrons.